The monoisotopic (exact) mass is 437 g/mol. The summed E-state index contributed by atoms with van der Waals surface area (Å²) in [7, 11) is 1.32. The first-order valence-electron chi connectivity index (χ1n) is 10.0. The number of rotatable bonds is 5. The minimum absolute atomic E-state index is 0.240. The Morgan fingerprint density at radius 1 is 1.29 bits per heavy atom. The van der Waals surface area contributed by atoms with Crippen LogP contribution in [0.2, 0.25) is 0 Å². The average molecular weight is 438 g/mol. The molecule has 0 radical (unpaired) electrons. The third-order valence-electron chi connectivity index (χ3n) is 5.60. The Labute approximate surface area is 183 Å². The van der Waals surface area contributed by atoms with E-state index in [1.54, 1.807) is 6.92 Å². The van der Waals surface area contributed by atoms with Gasteiger partial charge in [0.25, 0.3) is 5.56 Å². The van der Waals surface area contributed by atoms with Crippen molar-refractivity contribution in [2.45, 2.75) is 19.5 Å². The number of thiophene rings is 1. The van der Waals surface area contributed by atoms with Gasteiger partial charge in [-0.25, -0.2) is 9.78 Å². The number of nitrogens with zero attached hydrogens (tertiary/aromatic N) is 4. The van der Waals surface area contributed by atoms with Crippen LogP contribution in [-0.2, 0) is 11.3 Å². The van der Waals surface area contributed by atoms with Crippen LogP contribution in [0.5, 0.6) is 0 Å². The molecule has 8 nitrogen and oxygen atoms in total. The SMILES string of the molecule is COC(=O)c1sc2nc(CN3CCN(C(C#N)c4ccccc4)CC3)[nH]c(=O)c2c1C. The highest BCUT2D eigenvalue weighted by molar-refractivity contribution is 7.20. The lowest BCUT2D eigenvalue weighted by Crippen LogP contribution is -2.47. The lowest BCUT2D eigenvalue weighted by Gasteiger charge is -2.36. The second kappa shape index (κ2) is 8.98. The number of nitrogens with one attached hydrogen (secondary N) is 1. The van der Waals surface area contributed by atoms with Gasteiger partial charge in [-0.1, -0.05) is 30.3 Å². The number of esters is 1. The molecule has 9 heteroatoms. The molecule has 4 rings (SSSR count). The van der Waals surface area contributed by atoms with E-state index in [0.29, 0.717) is 33.0 Å². The van der Waals surface area contributed by atoms with Crippen molar-refractivity contribution in [1.29, 1.82) is 5.26 Å². The van der Waals surface area contributed by atoms with Crippen molar-refractivity contribution in [3.8, 4) is 6.07 Å². The smallest absolute Gasteiger partial charge is 0.348 e. The molecule has 2 aromatic heterocycles. The fraction of sp³-hybridized carbons (Fsp3) is 0.364. The van der Waals surface area contributed by atoms with E-state index >= 15 is 0 Å². The molecule has 1 unspecified atom stereocenters. The minimum Gasteiger partial charge on any atom is -0.465 e. The number of aromatic nitrogens is 2. The van der Waals surface area contributed by atoms with Crippen LogP contribution < -0.4 is 5.56 Å². The van der Waals surface area contributed by atoms with Crippen molar-refractivity contribution in [2.24, 2.45) is 0 Å². The first-order chi connectivity index (χ1) is 15.0. The zero-order valence-electron chi connectivity index (χ0n) is 17.4. The van der Waals surface area contributed by atoms with Crippen molar-refractivity contribution < 1.29 is 9.53 Å². The van der Waals surface area contributed by atoms with Crippen LogP contribution in [0.15, 0.2) is 35.1 Å². The highest BCUT2D eigenvalue weighted by Crippen LogP contribution is 2.28. The van der Waals surface area contributed by atoms with Gasteiger partial charge < -0.3 is 9.72 Å². The van der Waals surface area contributed by atoms with Gasteiger partial charge in [0.05, 0.1) is 25.1 Å². The number of fused-ring (bicyclic) bond motifs is 1. The third kappa shape index (κ3) is 4.23. The molecule has 0 amide bonds. The number of aromatic amines is 1. The molecule has 3 heterocycles. The maximum absolute atomic E-state index is 12.6. The fourth-order valence-electron chi connectivity index (χ4n) is 3.94. The third-order valence-corrected chi connectivity index (χ3v) is 6.77. The number of nitriles is 1. The van der Waals surface area contributed by atoms with E-state index < -0.39 is 5.97 Å². The number of ether oxygens (including phenoxy) is 1. The summed E-state index contributed by atoms with van der Waals surface area (Å²) in [5, 5.41) is 10.1. The molecule has 1 N–H and O–H groups in total. The number of aryl methyl sites for hydroxylation is 1. The van der Waals surface area contributed by atoms with E-state index in [2.05, 4.69) is 25.8 Å². The molecule has 0 bridgehead atoms. The van der Waals surface area contributed by atoms with E-state index in [1.807, 2.05) is 30.3 Å². The number of hydrogen-bond donors (Lipinski definition) is 1. The molecule has 1 saturated heterocycles. The van der Waals surface area contributed by atoms with E-state index in [9.17, 15) is 14.9 Å². The summed E-state index contributed by atoms with van der Waals surface area (Å²) < 4.78 is 4.80. The molecule has 160 valence electrons. The van der Waals surface area contributed by atoms with E-state index in [0.717, 1.165) is 31.7 Å². The van der Waals surface area contributed by atoms with Gasteiger partial charge in [-0.05, 0) is 18.1 Å². The second-order valence-electron chi connectivity index (χ2n) is 7.49. The summed E-state index contributed by atoms with van der Waals surface area (Å²) in [6.45, 7) is 5.28. The summed E-state index contributed by atoms with van der Waals surface area (Å²) in [4.78, 5) is 37.4. The Kier molecular flexibility index (Phi) is 6.13. The molecular weight excluding hydrogens is 414 g/mol. The van der Waals surface area contributed by atoms with E-state index in [-0.39, 0.29) is 11.6 Å². The second-order valence-corrected chi connectivity index (χ2v) is 8.49. The van der Waals surface area contributed by atoms with Crippen molar-refractivity contribution in [3.05, 3.63) is 62.5 Å². The highest BCUT2D eigenvalue weighted by Gasteiger charge is 2.26. The van der Waals surface area contributed by atoms with Crippen molar-refractivity contribution in [3.63, 3.8) is 0 Å². The maximum atomic E-state index is 12.6. The molecule has 3 aromatic rings. The summed E-state index contributed by atoms with van der Waals surface area (Å²) in [6, 6.07) is 12.0. The van der Waals surface area contributed by atoms with Crippen molar-refractivity contribution in [1.82, 2.24) is 19.8 Å². The summed E-state index contributed by atoms with van der Waals surface area (Å²) in [5.74, 6) is 0.117. The topological polar surface area (TPSA) is 102 Å². The first-order valence-corrected chi connectivity index (χ1v) is 10.8. The van der Waals surface area contributed by atoms with Gasteiger partial charge in [-0.3, -0.25) is 14.6 Å². The number of piperazine rings is 1. The Bertz CT molecular complexity index is 1190. The van der Waals surface area contributed by atoms with Gasteiger partial charge in [0.1, 0.15) is 21.6 Å². The summed E-state index contributed by atoms with van der Waals surface area (Å²) >= 11 is 1.18. The molecule has 1 atom stereocenters. The quantitative estimate of drug-likeness (QED) is 0.612. The minimum atomic E-state index is -0.456. The number of carbonyl (C=O) groups excluding carboxylic acids is 1. The fourth-order valence-corrected chi connectivity index (χ4v) is 5.06. The Balaban J connectivity index is 1.47. The number of methoxy groups -OCH3 is 1. The Hall–Kier alpha value is -3.06. The molecule has 31 heavy (non-hydrogen) atoms. The van der Waals surface area contributed by atoms with Crippen LogP contribution in [0, 0.1) is 18.3 Å². The molecule has 0 spiro atoms. The number of benzene rings is 1. The molecule has 1 aliphatic heterocycles. The normalized spacial score (nSPS) is 16.2. The van der Waals surface area contributed by atoms with Gasteiger partial charge in [0.2, 0.25) is 0 Å². The standard InChI is InChI=1S/C22H23N5O3S/c1-14-18-20(28)24-17(25-21(18)31-19(14)22(29)30-2)13-26-8-10-27(11-9-26)16(12-23)15-6-4-3-5-7-15/h3-7,16H,8-11,13H2,1-2H3,(H,24,25,28). The zero-order chi connectivity index (χ0) is 22.0. The predicted molar refractivity (Wildman–Crippen MR) is 118 cm³/mol. The Morgan fingerprint density at radius 3 is 2.65 bits per heavy atom. The lowest BCUT2D eigenvalue weighted by molar-refractivity contribution is 0.0605. The van der Waals surface area contributed by atoms with Crippen LogP contribution in [0.1, 0.15) is 32.7 Å². The molecule has 1 fully saturated rings. The number of carbonyl (C=O) groups is 1. The van der Waals surface area contributed by atoms with Crippen LogP contribution in [0.3, 0.4) is 0 Å². The van der Waals surface area contributed by atoms with Crippen molar-refractivity contribution >= 4 is 27.5 Å². The summed E-state index contributed by atoms with van der Waals surface area (Å²) in [6.07, 6.45) is 0. The van der Waals surface area contributed by atoms with Crippen LogP contribution in [0.4, 0.5) is 0 Å². The molecule has 0 saturated carbocycles. The number of H-pyrrole nitrogens is 1. The first kappa shape index (κ1) is 21.2. The zero-order valence-corrected chi connectivity index (χ0v) is 18.2. The van der Waals surface area contributed by atoms with E-state index in [1.165, 1.54) is 18.4 Å². The van der Waals surface area contributed by atoms with Gasteiger partial charge in [-0.15, -0.1) is 11.3 Å². The molecule has 1 aliphatic rings. The van der Waals surface area contributed by atoms with E-state index in [4.69, 9.17) is 4.74 Å². The molecule has 1 aromatic carbocycles. The molecule has 0 aliphatic carbocycles. The Morgan fingerprint density at radius 2 is 2.00 bits per heavy atom. The maximum Gasteiger partial charge on any atom is 0.348 e. The highest BCUT2D eigenvalue weighted by atomic mass is 32.1. The van der Waals surface area contributed by atoms with Gasteiger partial charge in [-0.2, -0.15) is 5.26 Å². The largest absolute Gasteiger partial charge is 0.465 e. The summed E-state index contributed by atoms with van der Waals surface area (Å²) in [5.41, 5.74) is 1.37. The van der Waals surface area contributed by atoms with Crippen LogP contribution >= 0.6 is 11.3 Å². The lowest BCUT2D eigenvalue weighted by atomic mass is 10.1. The van der Waals surface area contributed by atoms with Gasteiger partial charge in [0, 0.05) is 26.2 Å². The van der Waals surface area contributed by atoms with Crippen molar-refractivity contribution in [2.75, 3.05) is 33.3 Å². The molecular formula is C22H23N5O3S. The average Bonchev–Trinajstić information content (AvgIpc) is 3.12. The van der Waals surface area contributed by atoms with Gasteiger partial charge in [0.15, 0.2) is 0 Å². The van der Waals surface area contributed by atoms with Crippen LogP contribution in [0.25, 0.3) is 10.2 Å². The van der Waals surface area contributed by atoms with Gasteiger partial charge >= 0.3 is 5.97 Å². The van der Waals surface area contributed by atoms with Crippen LogP contribution in [-0.4, -0.2) is 59.0 Å². The number of hydrogen-bond acceptors (Lipinski definition) is 8. The predicted octanol–water partition coefficient (Wildman–Crippen LogP) is 2.46.